The molecule has 2 heteroatoms. The van der Waals surface area contributed by atoms with E-state index >= 15 is 0 Å². The van der Waals surface area contributed by atoms with Gasteiger partial charge in [0.25, 0.3) is 0 Å². The van der Waals surface area contributed by atoms with E-state index < -0.39 is 5.97 Å². The lowest BCUT2D eigenvalue weighted by Gasteiger charge is -2.18. The van der Waals surface area contributed by atoms with Gasteiger partial charge in [0.05, 0.1) is 6.42 Å². The molecule has 0 aromatic rings. The van der Waals surface area contributed by atoms with E-state index in [1.165, 1.54) is 18.4 Å². The van der Waals surface area contributed by atoms with E-state index in [2.05, 4.69) is 52.8 Å². The minimum Gasteiger partial charge on any atom is -0.481 e. The molecule has 132 valence electrons. The lowest BCUT2D eigenvalue weighted by atomic mass is 9.87. The van der Waals surface area contributed by atoms with E-state index in [1.807, 2.05) is 6.08 Å². The van der Waals surface area contributed by atoms with Crippen LogP contribution in [0.15, 0.2) is 35.5 Å². The van der Waals surface area contributed by atoms with Gasteiger partial charge in [-0.3, -0.25) is 4.79 Å². The zero-order chi connectivity index (χ0) is 17.7. The third-order valence-electron chi connectivity index (χ3n) is 4.27. The van der Waals surface area contributed by atoms with Gasteiger partial charge < -0.3 is 5.11 Å². The van der Waals surface area contributed by atoms with Crippen molar-refractivity contribution in [2.45, 2.75) is 79.6 Å². The second-order valence-electron chi connectivity index (χ2n) is 6.44. The van der Waals surface area contributed by atoms with E-state index in [0.717, 1.165) is 31.3 Å². The Balaban J connectivity index is 4.77. The minimum atomic E-state index is -0.760. The molecule has 0 aliphatic carbocycles. The first-order chi connectivity index (χ1) is 11.0. The molecule has 2 nitrogen and oxygen atoms in total. The predicted octanol–water partition coefficient (Wildman–Crippen LogP) is 6.54. The van der Waals surface area contributed by atoms with Gasteiger partial charge in [-0.15, -0.1) is 0 Å². The highest BCUT2D eigenvalue weighted by Gasteiger charge is 2.11. The second kappa shape index (κ2) is 13.2. The molecular weight excluding hydrogens is 284 g/mol. The van der Waals surface area contributed by atoms with Crippen LogP contribution in [-0.2, 0) is 4.79 Å². The average Bonchev–Trinajstić information content (AvgIpc) is 2.53. The molecule has 0 bridgehead atoms. The summed E-state index contributed by atoms with van der Waals surface area (Å²) in [6, 6.07) is 0. The lowest BCUT2D eigenvalue weighted by Crippen LogP contribution is -2.05. The maximum Gasteiger partial charge on any atom is 0.307 e. The summed E-state index contributed by atoms with van der Waals surface area (Å²) in [5.74, 6) is 0.575. The van der Waals surface area contributed by atoms with Crippen molar-refractivity contribution in [2.75, 3.05) is 0 Å². The summed E-state index contributed by atoms with van der Waals surface area (Å²) in [7, 11) is 0. The summed E-state index contributed by atoms with van der Waals surface area (Å²) in [6.45, 7) is 11.1. The van der Waals surface area contributed by atoms with E-state index in [0.29, 0.717) is 11.8 Å². The van der Waals surface area contributed by atoms with Crippen LogP contribution in [-0.4, -0.2) is 11.1 Å². The van der Waals surface area contributed by atoms with E-state index in [4.69, 9.17) is 5.11 Å². The first-order valence-electron chi connectivity index (χ1n) is 9.23. The van der Waals surface area contributed by atoms with Crippen LogP contribution >= 0.6 is 0 Å². The Morgan fingerprint density at radius 3 is 2.30 bits per heavy atom. The summed E-state index contributed by atoms with van der Waals surface area (Å²) in [5.41, 5.74) is 2.58. The van der Waals surface area contributed by atoms with Crippen molar-refractivity contribution in [1.29, 1.82) is 0 Å². The Hall–Kier alpha value is -1.31. The van der Waals surface area contributed by atoms with Crippen molar-refractivity contribution in [3.05, 3.63) is 35.5 Å². The number of allylic oxidation sites excluding steroid dienone is 5. The highest BCUT2D eigenvalue weighted by molar-refractivity contribution is 5.68. The van der Waals surface area contributed by atoms with E-state index in [1.54, 1.807) is 0 Å². The van der Waals surface area contributed by atoms with Gasteiger partial charge in [0.2, 0.25) is 0 Å². The molecule has 0 saturated heterocycles. The number of rotatable bonds is 12. The van der Waals surface area contributed by atoms with Gasteiger partial charge in [0, 0.05) is 0 Å². The van der Waals surface area contributed by atoms with Crippen molar-refractivity contribution >= 4 is 5.97 Å². The van der Waals surface area contributed by atoms with Crippen molar-refractivity contribution in [3.63, 3.8) is 0 Å². The van der Waals surface area contributed by atoms with Gasteiger partial charge in [0.1, 0.15) is 0 Å². The van der Waals surface area contributed by atoms with Crippen LogP contribution < -0.4 is 0 Å². The molecule has 0 spiro atoms. The third-order valence-corrected chi connectivity index (χ3v) is 4.27. The molecule has 0 aromatic carbocycles. The van der Waals surface area contributed by atoms with Gasteiger partial charge >= 0.3 is 5.97 Å². The number of aliphatic carboxylic acids is 1. The van der Waals surface area contributed by atoms with Gasteiger partial charge in [-0.05, 0) is 50.4 Å². The van der Waals surface area contributed by atoms with E-state index in [-0.39, 0.29) is 6.42 Å². The Morgan fingerprint density at radius 2 is 1.83 bits per heavy atom. The molecule has 0 saturated carbocycles. The number of carbonyl (C=O) groups is 1. The Morgan fingerprint density at radius 1 is 1.13 bits per heavy atom. The molecule has 0 amide bonds. The zero-order valence-corrected chi connectivity index (χ0v) is 15.8. The fourth-order valence-electron chi connectivity index (χ4n) is 2.85. The highest BCUT2D eigenvalue weighted by atomic mass is 16.4. The molecular formula is C21H36O2. The first kappa shape index (κ1) is 21.7. The molecule has 0 rings (SSSR count). The molecule has 0 unspecified atom stereocenters. The fraction of sp³-hybridized carbons (Fsp3) is 0.667. The second-order valence-corrected chi connectivity index (χ2v) is 6.44. The minimum absolute atomic E-state index is 0.117. The third kappa shape index (κ3) is 11.0. The van der Waals surface area contributed by atoms with Crippen molar-refractivity contribution in [3.8, 4) is 0 Å². The maximum atomic E-state index is 10.7. The standard InChI is InChI=1S/C21H36O2/c1-6-10-11-18(7-2)14-17(5)15-20(9-4)16-19(8-3)12-13-21(22)23/h10-12,16-18H,6-9,13-15H2,1-5H3,(H,22,23)/b11-10+,19-12+,20-16+/t17-,18+/m1/s1. The van der Waals surface area contributed by atoms with Crippen LogP contribution in [0, 0.1) is 11.8 Å². The topological polar surface area (TPSA) is 37.3 Å². The monoisotopic (exact) mass is 320 g/mol. The smallest absolute Gasteiger partial charge is 0.307 e. The summed E-state index contributed by atoms with van der Waals surface area (Å²) in [5, 5.41) is 8.82. The highest BCUT2D eigenvalue weighted by Crippen LogP contribution is 2.25. The van der Waals surface area contributed by atoms with Gasteiger partial charge in [-0.2, -0.15) is 0 Å². The summed E-state index contributed by atoms with van der Waals surface area (Å²) in [4.78, 5) is 10.7. The fourth-order valence-corrected chi connectivity index (χ4v) is 2.85. The van der Waals surface area contributed by atoms with Crippen LogP contribution in [0.4, 0.5) is 0 Å². The number of carboxylic acids is 1. The zero-order valence-electron chi connectivity index (χ0n) is 15.8. The number of carboxylic acid groups (broad SMARTS) is 1. The van der Waals surface area contributed by atoms with Crippen molar-refractivity contribution in [2.24, 2.45) is 11.8 Å². The van der Waals surface area contributed by atoms with Crippen molar-refractivity contribution in [1.82, 2.24) is 0 Å². The van der Waals surface area contributed by atoms with Gasteiger partial charge in [-0.25, -0.2) is 0 Å². The quantitative estimate of drug-likeness (QED) is 0.327. The van der Waals surface area contributed by atoms with Crippen LogP contribution in [0.5, 0.6) is 0 Å². The van der Waals surface area contributed by atoms with Gasteiger partial charge in [-0.1, -0.05) is 70.1 Å². The number of hydrogen-bond donors (Lipinski definition) is 1. The van der Waals surface area contributed by atoms with Gasteiger partial charge in [0.15, 0.2) is 0 Å². The first-order valence-corrected chi connectivity index (χ1v) is 9.23. The SMILES string of the molecule is CC/C=C/[C@H](CC)C[C@@H](C)C/C(=C/C(=C/CC(=O)O)CC)CC. The van der Waals surface area contributed by atoms with Crippen LogP contribution in [0.3, 0.4) is 0 Å². The summed E-state index contributed by atoms with van der Waals surface area (Å²) < 4.78 is 0. The Labute approximate surface area is 143 Å². The Kier molecular flexibility index (Phi) is 12.4. The summed E-state index contributed by atoms with van der Waals surface area (Å²) >= 11 is 0. The summed E-state index contributed by atoms with van der Waals surface area (Å²) in [6.07, 6.45) is 15.4. The average molecular weight is 321 g/mol. The molecule has 0 aliphatic heterocycles. The van der Waals surface area contributed by atoms with Crippen molar-refractivity contribution < 1.29 is 9.90 Å². The molecule has 0 radical (unpaired) electrons. The largest absolute Gasteiger partial charge is 0.481 e. The molecule has 0 fully saturated rings. The normalized spacial score (nSPS) is 15.9. The van der Waals surface area contributed by atoms with Crippen LogP contribution in [0.25, 0.3) is 0 Å². The predicted molar refractivity (Wildman–Crippen MR) is 101 cm³/mol. The number of hydrogen-bond acceptors (Lipinski definition) is 1. The molecule has 2 atom stereocenters. The molecule has 0 aliphatic rings. The lowest BCUT2D eigenvalue weighted by molar-refractivity contribution is -0.136. The van der Waals surface area contributed by atoms with E-state index in [9.17, 15) is 4.79 Å². The molecule has 0 heterocycles. The van der Waals surface area contributed by atoms with Crippen LogP contribution in [0.2, 0.25) is 0 Å². The van der Waals surface area contributed by atoms with Crippen LogP contribution in [0.1, 0.15) is 79.6 Å². The molecule has 1 N–H and O–H groups in total. The Bertz CT molecular complexity index is 416. The molecule has 0 aromatic heterocycles. The maximum absolute atomic E-state index is 10.7. The molecule has 23 heavy (non-hydrogen) atoms.